The van der Waals surface area contributed by atoms with E-state index in [1.807, 2.05) is 18.2 Å². The summed E-state index contributed by atoms with van der Waals surface area (Å²) in [4.78, 5) is 0. The van der Waals surface area contributed by atoms with Crippen molar-refractivity contribution in [1.82, 2.24) is 0 Å². The maximum atomic E-state index is 11.1. The van der Waals surface area contributed by atoms with Gasteiger partial charge in [-0.2, -0.15) is 0 Å². The van der Waals surface area contributed by atoms with E-state index in [-0.39, 0.29) is 0 Å². The fourth-order valence-electron chi connectivity index (χ4n) is 3.19. The van der Waals surface area contributed by atoms with Gasteiger partial charge >= 0.3 is 0 Å². The van der Waals surface area contributed by atoms with E-state index in [0.29, 0.717) is 12.3 Å². The lowest BCUT2D eigenvalue weighted by Crippen LogP contribution is -2.28. The summed E-state index contributed by atoms with van der Waals surface area (Å²) in [5.74, 6) is 0.711. The molecule has 21 heavy (non-hydrogen) atoms. The SMILES string of the molecule is CCC(O)(Cc1ccccc1)c1cccc(C2CCC2)c1. The van der Waals surface area contributed by atoms with E-state index in [1.165, 1.54) is 30.4 Å². The molecule has 0 radical (unpaired) electrons. The molecule has 2 aromatic rings. The monoisotopic (exact) mass is 280 g/mol. The molecular formula is C20H24O. The molecule has 1 saturated carbocycles. The summed E-state index contributed by atoms with van der Waals surface area (Å²) in [5, 5.41) is 11.1. The Bertz CT molecular complexity index is 586. The topological polar surface area (TPSA) is 20.2 Å². The Kier molecular flexibility index (Phi) is 4.12. The molecule has 0 aromatic heterocycles. The zero-order chi connectivity index (χ0) is 14.7. The van der Waals surface area contributed by atoms with Gasteiger partial charge in [-0.15, -0.1) is 0 Å². The molecule has 3 rings (SSSR count). The Labute approximate surface area is 127 Å². The number of hydrogen-bond acceptors (Lipinski definition) is 1. The van der Waals surface area contributed by atoms with Crippen LogP contribution in [0.1, 0.15) is 55.2 Å². The standard InChI is InChI=1S/C20H24O/c1-2-20(21,15-16-8-4-3-5-9-16)19-13-7-12-18(14-19)17-10-6-11-17/h3-5,7-9,12-14,17,21H,2,6,10-11,15H2,1H3. The maximum absolute atomic E-state index is 11.1. The molecule has 0 amide bonds. The smallest absolute Gasteiger partial charge is 0.0934 e. The molecule has 2 aromatic carbocycles. The molecule has 0 saturated heterocycles. The van der Waals surface area contributed by atoms with Gasteiger partial charge < -0.3 is 5.11 Å². The molecule has 0 aliphatic heterocycles. The van der Waals surface area contributed by atoms with Crippen molar-refractivity contribution in [2.45, 2.75) is 50.5 Å². The second-order valence-electron chi connectivity index (χ2n) is 6.30. The van der Waals surface area contributed by atoms with Gasteiger partial charge in [0.2, 0.25) is 0 Å². The van der Waals surface area contributed by atoms with Crippen molar-refractivity contribution in [2.75, 3.05) is 0 Å². The van der Waals surface area contributed by atoms with Crippen LogP contribution >= 0.6 is 0 Å². The van der Waals surface area contributed by atoms with Gasteiger partial charge in [-0.25, -0.2) is 0 Å². The Balaban J connectivity index is 1.87. The molecule has 1 heteroatoms. The Morgan fingerprint density at radius 3 is 2.43 bits per heavy atom. The van der Waals surface area contributed by atoms with Crippen LogP contribution in [0.3, 0.4) is 0 Å². The van der Waals surface area contributed by atoms with Crippen molar-refractivity contribution in [1.29, 1.82) is 0 Å². The van der Waals surface area contributed by atoms with Crippen molar-refractivity contribution >= 4 is 0 Å². The molecule has 0 spiro atoms. The highest BCUT2D eigenvalue weighted by molar-refractivity contribution is 5.33. The Hall–Kier alpha value is -1.60. The summed E-state index contributed by atoms with van der Waals surface area (Å²) in [6.45, 7) is 2.07. The van der Waals surface area contributed by atoms with Crippen LogP contribution in [0.5, 0.6) is 0 Å². The zero-order valence-electron chi connectivity index (χ0n) is 12.8. The minimum atomic E-state index is -0.763. The van der Waals surface area contributed by atoms with Crippen LogP contribution in [-0.2, 0) is 12.0 Å². The first-order chi connectivity index (χ1) is 10.2. The van der Waals surface area contributed by atoms with Crippen molar-refractivity contribution in [3.8, 4) is 0 Å². The molecule has 110 valence electrons. The lowest BCUT2D eigenvalue weighted by atomic mass is 9.77. The first-order valence-corrected chi connectivity index (χ1v) is 8.08. The predicted molar refractivity (Wildman–Crippen MR) is 87.4 cm³/mol. The van der Waals surface area contributed by atoms with Crippen LogP contribution in [0, 0.1) is 0 Å². The maximum Gasteiger partial charge on any atom is 0.0934 e. The van der Waals surface area contributed by atoms with Crippen LogP contribution in [0.15, 0.2) is 54.6 Å². The fourth-order valence-corrected chi connectivity index (χ4v) is 3.19. The van der Waals surface area contributed by atoms with E-state index < -0.39 is 5.60 Å². The number of hydrogen-bond donors (Lipinski definition) is 1. The third-order valence-electron chi connectivity index (χ3n) is 4.92. The lowest BCUT2D eigenvalue weighted by molar-refractivity contribution is 0.0326. The summed E-state index contributed by atoms with van der Waals surface area (Å²) in [6, 6.07) is 18.9. The molecule has 1 fully saturated rings. The van der Waals surface area contributed by atoms with Crippen LogP contribution in [0.25, 0.3) is 0 Å². The van der Waals surface area contributed by atoms with Crippen molar-refractivity contribution in [3.63, 3.8) is 0 Å². The summed E-state index contributed by atoms with van der Waals surface area (Å²) in [6.07, 6.45) is 5.35. The van der Waals surface area contributed by atoms with Gasteiger partial charge in [0.25, 0.3) is 0 Å². The molecule has 1 atom stereocenters. The number of aliphatic hydroxyl groups is 1. The molecule has 1 unspecified atom stereocenters. The first kappa shape index (κ1) is 14.3. The van der Waals surface area contributed by atoms with E-state index in [4.69, 9.17) is 0 Å². The first-order valence-electron chi connectivity index (χ1n) is 8.08. The second kappa shape index (κ2) is 6.03. The zero-order valence-corrected chi connectivity index (χ0v) is 12.8. The molecule has 1 aliphatic rings. The normalized spacial score (nSPS) is 18.0. The van der Waals surface area contributed by atoms with Gasteiger partial charge in [0.1, 0.15) is 0 Å². The van der Waals surface area contributed by atoms with E-state index in [9.17, 15) is 5.11 Å². The van der Waals surface area contributed by atoms with Crippen LogP contribution in [-0.4, -0.2) is 5.11 Å². The molecule has 1 nitrogen and oxygen atoms in total. The van der Waals surface area contributed by atoms with Crippen LogP contribution in [0.2, 0.25) is 0 Å². The molecule has 0 bridgehead atoms. The van der Waals surface area contributed by atoms with Gasteiger partial charge in [-0.3, -0.25) is 0 Å². The third kappa shape index (κ3) is 3.03. The molecular weight excluding hydrogens is 256 g/mol. The fraction of sp³-hybridized carbons (Fsp3) is 0.400. The van der Waals surface area contributed by atoms with E-state index in [0.717, 1.165) is 12.0 Å². The van der Waals surface area contributed by atoms with Gasteiger partial charge in [0.05, 0.1) is 5.60 Å². The summed E-state index contributed by atoms with van der Waals surface area (Å²) in [7, 11) is 0. The van der Waals surface area contributed by atoms with E-state index >= 15 is 0 Å². The van der Waals surface area contributed by atoms with E-state index in [1.54, 1.807) is 0 Å². The van der Waals surface area contributed by atoms with Crippen molar-refractivity contribution in [2.24, 2.45) is 0 Å². The number of rotatable bonds is 5. The molecule has 1 aliphatic carbocycles. The Morgan fingerprint density at radius 1 is 1.05 bits per heavy atom. The van der Waals surface area contributed by atoms with E-state index in [2.05, 4.69) is 43.3 Å². The predicted octanol–water partition coefficient (Wildman–Crippen LogP) is 4.79. The molecule has 0 heterocycles. The van der Waals surface area contributed by atoms with Gasteiger partial charge in [0, 0.05) is 6.42 Å². The average molecular weight is 280 g/mol. The Morgan fingerprint density at radius 2 is 1.81 bits per heavy atom. The summed E-state index contributed by atoms with van der Waals surface area (Å²) < 4.78 is 0. The summed E-state index contributed by atoms with van der Waals surface area (Å²) >= 11 is 0. The largest absolute Gasteiger partial charge is 0.385 e. The van der Waals surface area contributed by atoms with Gasteiger partial charge in [0.15, 0.2) is 0 Å². The average Bonchev–Trinajstić information content (AvgIpc) is 2.47. The van der Waals surface area contributed by atoms with Gasteiger partial charge in [-0.05, 0) is 41.9 Å². The molecule has 1 N–H and O–H groups in total. The highest BCUT2D eigenvalue weighted by Gasteiger charge is 2.29. The van der Waals surface area contributed by atoms with Crippen molar-refractivity contribution < 1.29 is 5.11 Å². The highest BCUT2D eigenvalue weighted by atomic mass is 16.3. The quantitative estimate of drug-likeness (QED) is 0.834. The van der Waals surface area contributed by atoms with Crippen molar-refractivity contribution in [3.05, 3.63) is 71.3 Å². The second-order valence-corrected chi connectivity index (χ2v) is 6.30. The van der Waals surface area contributed by atoms with Crippen LogP contribution < -0.4 is 0 Å². The lowest BCUT2D eigenvalue weighted by Gasteiger charge is -2.31. The van der Waals surface area contributed by atoms with Crippen LogP contribution in [0.4, 0.5) is 0 Å². The van der Waals surface area contributed by atoms with Gasteiger partial charge in [-0.1, -0.05) is 67.9 Å². The third-order valence-corrected chi connectivity index (χ3v) is 4.92. The highest BCUT2D eigenvalue weighted by Crippen LogP contribution is 2.38. The minimum absolute atomic E-state index is 0.679. The minimum Gasteiger partial charge on any atom is -0.385 e. The number of benzene rings is 2. The summed E-state index contributed by atoms with van der Waals surface area (Å²) in [5.41, 5.74) is 2.90.